The van der Waals surface area contributed by atoms with Gasteiger partial charge in [-0.1, -0.05) is 11.6 Å². The first-order valence-electron chi connectivity index (χ1n) is 5.30. The molecule has 5 heteroatoms. The van der Waals surface area contributed by atoms with E-state index in [1.165, 1.54) is 0 Å². The lowest BCUT2D eigenvalue weighted by atomic mass is 10.2. The smallest absolute Gasteiger partial charge is 0.167 e. The van der Waals surface area contributed by atoms with Gasteiger partial charge >= 0.3 is 0 Å². The first-order valence-corrected chi connectivity index (χ1v) is 5.68. The van der Waals surface area contributed by atoms with E-state index in [4.69, 9.17) is 21.6 Å². The monoisotopic (exact) mass is 259 g/mol. The van der Waals surface area contributed by atoms with Crippen LogP contribution in [0, 0.1) is 18.3 Å². The molecule has 0 unspecified atom stereocenters. The molecule has 1 heterocycles. The molecule has 0 aliphatic carbocycles. The Kier molecular flexibility index (Phi) is 3.75. The van der Waals surface area contributed by atoms with E-state index in [9.17, 15) is 0 Å². The Morgan fingerprint density at radius 2 is 2.00 bits per heavy atom. The van der Waals surface area contributed by atoms with Crippen LogP contribution < -0.4 is 4.74 Å². The molecular weight excluding hydrogens is 250 g/mol. The van der Waals surface area contributed by atoms with E-state index < -0.39 is 0 Å². The van der Waals surface area contributed by atoms with Crippen LogP contribution in [0.5, 0.6) is 5.75 Å². The third-order valence-electron chi connectivity index (χ3n) is 2.22. The summed E-state index contributed by atoms with van der Waals surface area (Å²) in [6.07, 6.45) is 0. The first-order chi connectivity index (χ1) is 8.67. The number of rotatable bonds is 3. The zero-order valence-corrected chi connectivity index (χ0v) is 10.5. The number of hydrogen-bond donors (Lipinski definition) is 0. The third kappa shape index (κ3) is 3.19. The van der Waals surface area contributed by atoms with Gasteiger partial charge in [0.15, 0.2) is 5.82 Å². The maximum absolute atomic E-state index is 8.67. The van der Waals surface area contributed by atoms with E-state index in [1.54, 1.807) is 30.3 Å². The number of benzene rings is 1. The SMILES string of the molecule is Cc1cc(Cl)nc(COc2ccc(C#N)cc2)n1. The number of halogens is 1. The van der Waals surface area contributed by atoms with Gasteiger partial charge < -0.3 is 4.74 Å². The molecule has 18 heavy (non-hydrogen) atoms. The topological polar surface area (TPSA) is 58.8 Å². The highest BCUT2D eigenvalue weighted by molar-refractivity contribution is 6.29. The van der Waals surface area contributed by atoms with Gasteiger partial charge in [-0.05, 0) is 37.3 Å². The molecule has 2 aromatic rings. The van der Waals surface area contributed by atoms with Crippen molar-refractivity contribution >= 4 is 11.6 Å². The highest BCUT2D eigenvalue weighted by atomic mass is 35.5. The van der Waals surface area contributed by atoms with Gasteiger partial charge in [-0.3, -0.25) is 0 Å². The molecule has 0 bridgehead atoms. The molecule has 0 saturated carbocycles. The molecule has 0 aliphatic rings. The van der Waals surface area contributed by atoms with E-state index in [2.05, 4.69) is 9.97 Å². The second-order valence-electron chi connectivity index (χ2n) is 3.67. The zero-order valence-electron chi connectivity index (χ0n) is 9.72. The van der Waals surface area contributed by atoms with Gasteiger partial charge in [-0.25, -0.2) is 9.97 Å². The van der Waals surface area contributed by atoms with Crippen molar-refractivity contribution in [3.05, 3.63) is 52.6 Å². The Balaban J connectivity index is 2.04. The van der Waals surface area contributed by atoms with Crippen molar-refractivity contribution in [2.75, 3.05) is 0 Å². The minimum absolute atomic E-state index is 0.243. The second kappa shape index (κ2) is 5.48. The van der Waals surface area contributed by atoms with E-state index in [-0.39, 0.29) is 6.61 Å². The van der Waals surface area contributed by atoms with Crippen molar-refractivity contribution < 1.29 is 4.74 Å². The minimum Gasteiger partial charge on any atom is -0.486 e. The molecule has 2 rings (SSSR count). The molecule has 1 aromatic heterocycles. The van der Waals surface area contributed by atoms with E-state index >= 15 is 0 Å². The van der Waals surface area contributed by atoms with Crippen molar-refractivity contribution in [3.8, 4) is 11.8 Å². The van der Waals surface area contributed by atoms with Crippen LogP contribution >= 0.6 is 11.6 Å². The number of aromatic nitrogens is 2. The molecule has 0 atom stereocenters. The van der Waals surface area contributed by atoms with Crippen molar-refractivity contribution in [1.82, 2.24) is 9.97 Å². The lowest BCUT2D eigenvalue weighted by Crippen LogP contribution is -2.02. The second-order valence-corrected chi connectivity index (χ2v) is 4.06. The molecular formula is C13H10ClN3O. The Morgan fingerprint density at radius 1 is 1.28 bits per heavy atom. The van der Waals surface area contributed by atoms with Crippen LogP contribution in [0.3, 0.4) is 0 Å². The van der Waals surface area contributed by atoms with E-state index in [0.717, 1.165) is 5.69 Å². The number of ether oxygens (including phenoxy) is 1. The van der Waals surface area contributed by atoms with Crippen molar-refractivity contribution in [1.29, 1.82) is 5.26 Å². The fourth-order valence-corrected chi connectivity index (χ4v) is 1.68. The van der Waals surface area contributed by atoms with E-state index in [1.807, 2.05) is 13.0 Å². The highest BCUT2D eigenvalue weighted by Crippen LogP contribution is 2.13. The Hall–Kier alpha value is -2.12. The quantitative estimate of drug-likeness (QED) is 0.796. The lowest BCUT2D eigenvalue weighted by molar-refractivity contribution is 0.295. The van der Waals surface area contributed by atoms with Gasteiger partial charge in [0.1, 0.15) is 17.5 Å². The summed E-state index contributed by atoms with van der Waals surface area (Å²) in [4.78, 5) is 8.27. The Bertz CT molecular complexity index is 570. The van der Waals surface area contributed by atoms with Crippen LogP contribution in [0.4, 0.5) is 0 Å². The number of nitrogens with zero attached hydrogens (tertiary/aromatic N) is 3. The standard InChI is InChI=1S/C13H10ClN3O/c1-9-6-12(14)17-13(16-9)8-18-11-4-2-10(7-15)3-5-11/h2-6H,8H2,1H3. The normalized spacial score (nSPS) is 9.83. The number of nitriles is 1. The Labute approximate surface area is 110 Å². The van der Waals surface area contributed by atoms with Gasteiger partial charge in [0.25, 0.3) is 0 Å². The summed E-state index contributed by atoms with van der Waals surface area (Å²) in [7, 11) is 0. The molecule has 0 N–H and O–H groups in total. The summed E-state index contributed by atoms with van der Waals surface area (Å²) in [5.74, 6) is 1.19. The largest absolute Gasteiger partial charge is 0.486 e. The first kappa shape index (κ1) is 12.3. The third-order valence-corrected chi connectivity index (χ3v) is 2.41. The van der Waals surface area contributed by atoms with Crippen LogP contribution in [0.2, 0.25) is 5.15 Å². The van der Waals surface area contributed by atoms with Crippen LogP contribution in [0.15, 0.2) is 30.3 Å². The molecule has 4 nitrogen and oxygen atoms in total. The minimum atomic E-state index is 0.243. The van der Waals surface area contributed by atoms with Gasteiger partial charge in [0.2, 0.25) is 0 Å². The Morgan fingerprint density at radius 3 is 2.61 bits per heavy atom. The summed E-state index contributed by atoms with van der Waals surface area (Å²) < 4.78 is 5.51. The van der Waals surface area contributed by atoms with Gasteiger partial charge in [0, 0.05) is 5.69 Å². The van der Waals surface area contributed by atoms with Crippen LogP contribution in [0.1, 0.15) is 17.1 Å². The van der Waals surface area contributed by atoms with Crippen molar-refractivity contribution in [2.24, 2.45) is 0 Å². The predicted molar refractivity (Wildman–Crippen MR) is 67.3 cm³/mol. The fourth-order valence-electron chi connectivity index (χ4n) is 1.43. The molecule has 90 valence electrons. The molecule has 1 aromatic carbocycles. The van der Waals surface area contributed by atoms with Crippen LogP contribution in [0.25, 0.3) is 0 Å². The van der Waals surface area contributed by atoms with Crippen molar-refractivity contribution in [3.63, 3.8) is 0 Å². The van der Waals surface area contributed by atoms with Crippen LogP contribution in [-0.2, 0) is 6.61 Å². The molecule has 0 fully saturated rings. The van der Waals surface area contributed by atoms with Gasteiger partial charge in [-0.15, -0.1) is 0 Å². The highest BCUT2D eigenvalue weighted by Gasteiger charge is 2.02. The number of aryl methyl sites for hydroxylation is 1. The average molecular weight is 260 g/mol. The van der Waals surface area contributed by atoms with E-state index in [0.29, 0.717) is 22.3 Å². The molecule has 0 saturated heterocycles. The lowest BCUT2D eigenvalue weighted by Gasteiger charge is -2.06. The van der Waals surface area contributed by atoms with Gasteiger partial charge in [-0.2, -0.15) is 5.26 Å². The van der Waals surface area contributed by atoms with Gasteiger partial charge in [0.05, 0.1) is 11.6 Å². The molecule has 0 aliphatic heterocycles. The molecule has 0 spiro atoms. The summed E-state index contributed by atoms with van der Waals surface area (Å²) in [5, 5.41) is 9.08. The summed E-state index contributed by atoms with van der Waals surface area (Å²) >= 11 is 5.83. The average Bonchev–Trinajstić information content (AvgIpc) is 2.36. The van der Waals surface area contributed by atoms with Crippen molar-refractivity contribution in [2.45, 2.75) is 13.5 Å². The molecule has 0 amide bonds. The predicted octanol–water partition coefficient (Wildman–Crippen LogP) is 2.89. The molecule has 0 radical (unpaired) electrons. The maximum Gasteiger partial charge on any atom is 0.167 e. The van der Waals surface area contributed by atoms with Crippen LogP contribution in [-0.4, -0.2) is 9.97 Å². The zero-order chi connectivity index (χ0) is 13.0. The maximum atomic E-state index is 8.67. The number of hydrogen-bond acceptors (Lipinski definition) is 4. The summed E-state index contributed by atoms with van der Waals surface area (Å²) in [5.41, 5.74) is 1.39. The summed E-state index contributed by atoms with van der Waals surface area (Å²) in [6, 6.07) is 10.6. The summed E-state index contributed by atoms with van der Waals surface area (Å²) in [6.45, 7) is 2.09. The fraction of sp³-hybridized carbons (Fsp3) is 0.154.